The van der Waals surface area contributed by atoms with Gasteiger partial charge < -0.3 is 20.5 Å². The first kappa shape index (κ1) is 26.8. The van der Waals surface area contributed by atoms with Crippen molar-refractivity contribution in [3.63, 3.8) is 0 Å². The molecule has 0 aliphatic heterocycles. The van der Waals surface area contributed by atoms with Gasteiger partial charge in [-0.1, -0.05) is 66.7 Å². The van der Waals surface area contributed by atoms with Crippen LogP contribution in [0, 0.1) is 0 Å². The normalized spacial score (nSPS) is 14.1. The van der Waals surface area contributed by atoms with Gasteiger partial charge in [-0.3, -0.25) is 13.8 Å². The third-order valence-corrected chi connectivity index (χ3v) is 6.87. The molecule has 0 aromatic heterocycles. The fourth-order valence-electron chi connectivity index (χ4n) is 3.53. The number of rotatable bonds is 11. The van der Waals surface area contributed by atoms with Crippen molar-refractivity contribution in [3.8, 4) is 0 Å². The summed E-state index contributed by atoms with van der Waals surface area (Å²) in [6.07, 6.45) is -1.69. The Morgan fingerprint density at radius 2 is 1.42 bits per heavy atom. The molecule has 3 N–H and O–H groups in total. The van der Waals surface area contributed by atoms with E-state index in [0.29, 0.717) is 16.0 Å². The summed E-state index contributed by atoms with van der Waals surface area (Å²) in [7, 11) is -0.215. The van der Waals surface area contributed by atoms with E-state index in [1.165, 1.54) is 7.11 Å². The Balaban J connectivity index is 1.74. The molecule has 0 radical (unpaired) electrons. The zero-order valence-corrected chi connectivity index (χ0v) is 20.5. The second kappa shape index (κ2) is 13.3. The number of ether oxygens (including phenoxy) is 1. The van der Waals surface area contributed by atoms with E-state index < -0.39 is 46.8 Å². The summed E-state index contributed by atoms with van der Waals surface area (Å²) >= 11 is 0. The standard InChI is InChI=1S/C27H28N2O6S/c1-35-27(33)22(17-18-36(34)21-15-9-4-10-16-21)28-26(32)24(30)23(19-11-5-2-6-12-19)29-25(31)20-13-7-3-8-14-20/h2-16,22-24,30H,17-18H2,1H3,(H,28,32)(H,29,31)/t22-,23+,24-,36+/m1/s1. The maximum atomic E-state index is 13.0. The lowest BCUT2D eigenvalue weighted by atomic mass is 9.99. The zero-order valence-electron chi connectivity index (χ0n) is 19.7. The van der Waals surface area contributed by atoms with Gasteiger partial charge in [0, 0.05) is 16.2 Å². The number of nitrogens with one attached hydrogen (secondary N) is 2. The number of hydrogen-bond acceptors (Lipinski definition) is 6. The average molecular weight is 509 g/mol. The average Bonchev–Trinajstić information content (AvgIpc) is 2.94. The van der Waals surface area contributed by atoms with Crippen molar-refractivity contribution in [1.29, 1.82) is 0 Å². The van der Waals surface area contributed by atoms with Crippen LogP contribution in [0.2, 0.25) is 0 Å². The van der Waals surface area contributed by atoms with Crippen LogP contribution in [0.3, 0.4) is 0 Å². The number of benzene rings is 3. The highest BCUT2D eigenvalue weighted by molar-refractivity contribution is 7.85. The van der Waals surface area contributed by atoms with Gasteiger partial charge in [-0.15, -0.1) is 0 Å². The number of carbonyl (C=O) groups excluding carboxylic acids is 3. The van der Waals surface area contributed by atoms with Crippen LogP contribution in [0.25, 0.3) is 0 Å². The van der Waals surface area contributed by atoms with Crippen molar-refractivity contribution in [2.75, 3.05) is 12.9 Å². The molecule has 0 aliphatic rings. The first-order chi connectivity index (χ1) is 17.4. The van der Waals surface area contributed by atoms with Gasteiger partial charge in [0.1, 0.15) is 6.04 Å². The molecule has 0 spiro atoms. The molecule has 0 unspecified atom stereocenters. The Kier molecular flexibility index (Phi) is 9.91. The smallest absolute Gasteiger partial charge is 0.328 e. The molecule has 3 aromatic rings. The van der Waals surface area contributed by atoms with Crippen molar-refractivity contribution >= 4 is 28.6 Å². The first-order valence-corrected chi connectivity index (χ1v) is 12.6. The van der Waals surface area contributed by atoms with Gasteiger partial charge in [-0.2, -0.15) is 0 Å². The number of methoxy groups -OCH3 is 1. The third kappa shape index (κ3) is 7.34. The Bertz CT molecular complexity index is 1170. The molecule has 9 heteroatoms. The molecule has 0 bridgehead atoms. The number of aliphatic hydroxyl groups excluding tert-OH is 1. The summed E-state index contributed by atoms with van der Waals surface area (Å²) in [5, 5.41) is 16.1. The molecule has 0 saturated carbocycles. The van der Waals surface area contributed by atoms with Crippen LogP contribution in [-0.2, 0) is 25.1 Å². The lowest BCUT2D eigenvalue weighted by molar-refractivity contribution is -0.146. The van der Waals surface area contributed by atoms with Crippen LogP contribution in [0.15, 0.2) is 95.9 Å². The van der Waals surface area contributed by atoms with Crippen LogP contribution in [0.1, 0.15) is 28.4 Å². The van der Waals surface area contributed by atoms with Crippen molar-refractivity contribution in [3.05, 3.63) is 102 Å². The SMILES string of the molecule is COC(=O)[C@@H](CC[S@](=O)c1ccccc1)NC(=O)[C@H](O)[C@@H](NC(=O)c1ccccc1)c1ccccc1. The van der Waals surface area contributed by atoms with E-state index in [9.17, 15) is 23.7 Å². The van der Waals surface area contributed by atoms with Crippen molar-refractivity contribution < 1.29 is 28.4 Å². The van der Waals surface area contributed by atoms with Crippen molar-refractivity contribution in [2.24, 2.45) is 0 Å². The van der Waals surface area contributed by atoms with Gasteiger partial charge in [0.05, 0.1) is 24.0 Å². The van der Waals surface area contributed by atoms with Crippen LogP contribution >= 0.6 is 0 Å². The molecule has 0 heterocycles. The fourth-order valence-corrected chi connectivity index (χ4v) is 4.68. The number of amides is 2. The Morgan fingerprint density at radius 1 is 0.861 bits per heavy atom. The monoisotopic (exact) mass is 508 g/mol. The highest BCUT2D eigenvalue weighted by Gasteiger charge is 2.32. The summed E-state index contributed by atoms with van der Waals surface area (Å²) in [5.41, 5.74) is 0.867. The quantitative estimate of drug-likeness (QED) is 0.342. The number of carbonyl (C=O) groups is 3. The Morgan fingerprint density at radius 3 is 2.00 bits per heavy atom. The van der Waals surface area contributed by atoms with E-state index in [1.807, 2.05) is 0 Å². The number of aliphatic hydroxyl groups is 1. The molecule has 0 saturated heterocycles. The second-order valence-electron chi connectivity index (χ2n) is 7.91. The fraction of sp³-hybridized carbons (Fsp3) is 0.222. The van der Waals surface area contributed by atoms with E-state index in [0.717, 1.165) is 0 Å². The largest absolute Gasteiger partial charge is 0.467 e. The molecule has 188 valence electrons. The van der Waals surface area contributed by atoms with Crippen molar-refractivity contribution in [2.45, 2.75) is 29.5 Å². The Labute approximate surface area is 212 Å². The van der Waals surface area contributed by atoms with Crippen LogP contribution < -0.4 is 10.6 Å². The molecule has 3 rings (SSSR count). The Hall–Kier alpha value is -3.82. The van der Waals surface area contributed by atoms with Gasteiger partial charge >= 0.3 is 5.97 Å². The molecular formula is C27H28N2O6S. The third-order valence-electron chi connectivity index (χ3n) is 5.47. The summed E-state index contributed by atoms with van der Waals surface area (Å²) < 4.78 is 17.4. The molecule has 0 fully saturated rings. The molecular weight excluding hydrogens is 480 g/mol. The molecule has 3 aromatic carbocycles. The molecule has 8 nitrogen and oxygen atoms in total. The van der Waals surface area contributed by atoms with E-state index >= 15 is 0 Å². The van der Waals surface area contributed by atoms with Crippen LogP contribution in [0.4, 0.5) is 0 Å². The lowest BCUT2D eigenvalue weighted by Gasteiger charge is -2.26. The van der Waals surface area contributed by atoms with Crippen LogP contribution in [-0.4, -0.2) is 52.1 Å². The first-order valence-electron chi connectivity index (χ1n) is 11.3. The lowest BCUT2D eigenvalue weighted by Crippen LogP contribution is -2.50. The van der Waals surface area contributed by atoms with E-state index in [2.05, 4.69) is 10.6 Å². The highest BCUT2D eigenvalue weighted by Crippen LogP contribution is 2.19. The van der Waals surface area contributed by atoms with E-state index in [-0.39, 0.29) is 12.2 Å². The maximum absolute atomic E-state index is 13.0. The minimum atomic E-state index is -1.72. The highest BCUT2D eigenvalue weighted by atomic mass is 32.2. The van der Waals surface area contributed by atoms with Crippen LogP contribution in [0.5, 0.6) is 0 Å². The molecule has 0 aliphatic carbocycles. The van der Waals surface area contributed by atoms with Gasteiger partial charge in [0.2, 0.25) is 0 Å². The predicted molar refractivity (Wildman–Crippen MR) is 135 cm³/mol. The number of esters is 1. The summed E-state index contributed by atoms with van der Waals surface area (Å²) in [6, 6.07) is 23.5. The summed E-state index contributed by atoms with van der Waals surface area (Å²) in [6.45, 7) is 0. The zero-order chi connectivity index (χ0) is 25.9. The van der Waals surface area contributed by atoms with Crippen molar-refractivity contribution in [1.82, 2.24) is 10.6 Å². The predicted octanol–water partition coefficient (Wildman–Crippen LogP) is 2.37. The maximum Gasteiger partial charge on any atom is 0.328 e. The topological polar surface area (TPSA) is 122 Å². The molecule has 4 atom stereocenters. The minimum Gasteiger partial charge on any atom is -0.467 e. The summed E-state index contributed by atoms with van der Waals surface area (Å²) in [5.74, 6) is -1.99. The van der Waals surface area contributed by atoms with Gasteiger partial charge in [-0.25, -0.2) is 4.79 Å². The minimum absolute atomic E-state index is 0.0268. The van der Waals surface area contributed by atoms with Gasteiger partial charge in [0.25, 0.3) is 11.8 Å². The van der Waals surface area contributed by atoms with Gasteiger partial charge in [0.15, 0.2) is 6.10 Å². The van der Waals surface area contributed by atoms with E-state index in [1.54, 1.807) is 91.0 Å². The second-order valence-corrected chi connectivity index (χ2v) is 9.48. The summed E-state index contributed by atoms with van der Waals surface area (Å²) in [4.78, 5) is 38.7. The van der Waals surface area contributed by atoms with Gasteiger partial charge in [-0.05, 0) is 36.2 Å². The van der Waals surface area contributed by atoms with E-state index in [4.69, 9.17) is 4.74 Å². The molecule has 2 amide bonds. The number of hydrogen-bond donors (Lipinski definition) is 3. The molecule has 36 heavy (non-hydrogen) atoms.